The Bertz CT molecular complexity index is 372. The minimum absolute atomic E-state index is 0.757. The molecule has 0 aliphatic heterocycles. The third-order valence-corrected chi connectivity index (χ3v) is 5.48. The third-order valence-electron chi connectivity index (χ3n) is 4.11. The smallest absolute Gasteiger partial charge is 0.0931 e. The lowest BCUT2D eigenvalue weighted by molar-refractivity contribution is 0.298. The highest BCUT2D eigenvalue weighted by atomic mass is 35.5. The van der Waals surface area contributed by atoms with Crippen LogP contribution in [0.3, 0.4) is 0 Å². The van der Waals surface area contributed by atoms with Gasteiger partial charge in [0.05, 0.1) is 4.34 Å². The first-order chi connectivity index (χ1) is 8.33. The zero-order valence-corrected chi connectivity index (χ0v) is 11.7. The lowest BCUT2D eigenvalue weighted by Gasteiger charge is -2.31. The standard InChI is InChI=1S/C14H20ClNS/c15-14-8-7-13(17-14)12-4-2-1-3-10(12)9-16-11-5-6-11/h7-8,10-12,16H,1-6,9H2. The Labute approximate surface area is 113 Å². The number of rotatable bonds is 4. The fourth-order valence-electron chi connectivity index (χ4n) is 2.96. The van der Waals surface area contributed by atoms with Crippen molar-refractivity contribution < 1.29 is 0 Å². The first-order valence-electron chi connectivity index (χ1n) is 6.81. The Morgan fingerprint density at radius 3 is 2.71 bits per heavy atom. The molecule has 94 valence electrons. The Balaban J connectivity index is 1.65. The van der Waals surface area contributed by atoms with E-state index in [1.807, 2.05) is 0 Å². The maximum absolute atomic E-state index is 6.07. The molecular formula is C14H20ClNS. The largest absolute Gasteiger partial charge is 0.314 e. The predicted octanol–water partition coefficient (Wildman–Crippen LogP) is 4.43. The molecule has 3 rings (SSSR count). The van der Waals surface area contributed by atoms with Crippen LogP contribution in [0.1, 0.15) is 49.3 Å². The van der Waals surface area contributed by atoms with E-state index in [4.69, 9.17) is 11.6 Å². The molecule has 0 radical (unpaired) electrons. The molecule has 1 heterocycles. The molecule has 0 spiro atoms. The fourth-order valence-corrected chi connectivity index (χ4v) is 4.25. The van der Waals surface area contributed by atoms with Crippen LogP contribution in [-0.2, 0) is 0 Å². The maximum atomic E-state index is 6.07. The summed E-state index contributed by atoms with van der Waals surface area (Å²) in [7, 11) is 0. The van der Waals surface area contributed by atoms with E-state index >= 15 is 0 Å². The summed E-state index contributed by atoms with van der Waals surface area (Å²) in [5.74, 6) is 1.59. The number of hydrogen-bond donors (Lipinski definition) is 1. The Morgan fingerprint density at radius 1 is 1.18 bits per heavy atom. The molecule has 2 atom stereocenters. The van der Waals surface area contributed by atoms with Crippen LogP contribution in [0.25, 0.3) is 0 Å². The van der Waals surface area contributed by atoms with E-state index in [1.54, 1.807) is 11.3 Å². The van der Waals surface area contributed by atoms with Gasteiger partial charge in [-0.25, -0.2) is 0 Å². The monoisotopic (exact) mass is 269 g/mol. The second kappa shape index (κ2) is 5.29. The normalized spacial score (nSPS) is 29.5. The molecule has 17 heavy (non-hydrogen) atoms. The molecule has 3 heteroatoms. The second-order valence-electron chi connectivity index (χ2n) is 5.48. The molecule has 0 saturated heterocycles. The molecule has 1 aromatic rings. The molecule has 0 bridgehead atoms. The summed E-state index contributed by atoms with van der Waals surface area (Å²) >= 11 is 7.85. The fraction of sp³-hybridized carbons (Fsp3) is 0.714. The second-order valence-corrected chi connectivity index (χ2v) is 7.22. The van der Waals surface area contributed by atoms with E-state index in [2.05, 4.69) is 17.4 Å². The van der Waals surface area contributed by atoms with Gasteiger partial charge in [-0.2, -0.15) is 0 Å². The van der Waals surface area contributed by atoms with Crippen LogP contribution >= 0.6 is 22.9 Å². The number of thiophene rings is 1. The number of nitrogens with one attached hydrogen (secondary N) is 1. The topological polar surface area (TPSA) is 12.0 Å². The average molecular weight is 270 g/mol. The van der Waals surface area contributed by atoms with Crippen molar-refractivity contribution in [3.05, 3.63) is 21.3 Å². The van der Waals surface area contributed by atoms with Gasteiger partial charge < -0.3 is 5.32 Å². The van der Waals surface area contributed by atoms with Crippen LogP contribution in [0, 0.1) is 5.92 Å². The van der Waals surface area contributed by atoms with Crippen molar-refractivity contribution in [1.29, 1.82) is 0 Å². The van der Waals surface area contributed by atoms with E-state index in [9.17, 15) is 0 Å². The van der Waals surface area contributed by atoms with Crippen LogP contribution in [0.4, 0.5) is 0 Å². The van der Waals surface area contributed by atoms with Gasteiger partial charge in [-0.1, -0.05) is 24.4 Å². The van der Waals surface area contributed by atoms with Crippen LogP contribution < -0.4 is 5.32 Å². The van der Waals surface area contributed by atoms with Crippen molar-refractivity contribution in [3.8, 4) is 0 Å². The third kappa shape index (κ3) is 3.04. The molecule has 1 aromatic heterocycles. The summed E-state index contributed by atoms with van der Waals surface area (Å²) in [5.41, 5.74) is 0. The van der Waals surface area contributed by atoms with Gasteiger partial charge >= 0.3 is 0 Å². The van der Waals surface area contributed by atoms with Gasteiger partial charge in [0.25, 0.3) is 0 Å². The van der Waals surface area contributed by atoms with Gasteiger partial charge in [0.15, 0.2) is 0 Å². The van der Waals surface area contributed by atoms with Gasteiger partial charge in [0, 0.05) is 10.9 Å². The zero-order chi connectivity index (χ0) is 11.7. The van der Waals surface area contributed by atoms with Crippen LogP contribution in [-0.4, -0.2) is 12.6 Å². The van der Waals surface area contributed by atoms with E-state index in [1.165, 1.54) is 49.9 Å². The summed E-state index contributed by atoms with van der Waals surface area (Å²) in [6.07, 6.45) is 8.32. The van der Waals surface area contributed by atoms with Crippen molar-refractivity contribution in [2.24, 2.45) is 5.92 Å². The predicted molar refractivity (Wildman–Crippen MR) is 75.1 cm³/mol. The molecule has 0 amide bonds. The molecule has 2 unspecified atom stereocenters. The van der Waals surface area contributed by atoms with Gasteiger partial charge in [-0.3, -0.25) is 0 Å². The molecule has 2 saturated carbocycles. The molecule has 2 aliphatic rings. The van der Waals surface area contributed by atoms with Crippen LogP contribution in [0.15, 0.2) is 12.1 Å². The van der Waals surface area contributed by atoms with E-state index in [0.29, 0.717) is 0 Å². The minimum atomic E-state index is 0.757. The summed E-state index contributed by atoms with van der Waals surface area (Å²) in [5, 5.41) is 3.70. The molecular weight excluding hydrogens is 250 g/mol. The van der Waals surface area contributed by atoms with Crippen LogP contribution in [0.2, 0.25) is 4.34 Å². The lowest BCUT2D eigenvalue weighted by atomic mass is 9.78. The van der Waals surface area contributed by atoms with Gasteiger partial charge in [0.1, 0.15) is 0 Å². The van der Waals surface area contributed by atoms with Crippen molar-refractivity contribution in [1.82, 2.24) is 5.32 Å². The van der Waals surface area contributed by atoms with Crippen molar-refractivity contribution in [2.75, 3.05) is 6.54 Å². The number of hydrogen-bond acceptors (Lipinski definition) is 2. The Kier molecular flexibility index (Phi) is 3.74. The van der Waals surface area contributed by atoms with Crippen molar-refractivity contribution >= 4 is 22.9 Å². The SMILES string of the molecule is Clc1ccc(C2CCCCC2CNC2CC2)s1. The highest BCUT2D eigenvalue weighted by Gasteiger charge is 2.29. The quantitative estimate of drug-likeness (QED) is 0.853. The lowest BCUT2D eigenvalue weighted by Crippen LogP contribution is -2.30. The molecule has 0 aromatic carbocycles. The van der Waals surface area contributed by atoms with Gasteiger partial charge in [-0.05, 0) is 56.2 Å². The average Bonchev–Trinajstić information content (AvgIpc) is 3.08. The van der Waals surface area contributed by atoms with E-state index in [-0.39, 0.29) is 0 Å². The zero-order valence-electron chi connectivity index (χ0n) is 10.1. The maximum Gasteiger partial charge on any atom is 0.0931 e. The molecule has 1 nitrogen and oxygen atoms in total. The summed E-state index contributed by atoms with van der Waals surface area (Å²) in [6.45, 7) is 1.21. The van der Waals surface area contributed by atoms with Gasteiger partial charge in [0.2, 0.25) is 0 Å². The van der Waals surface area contributed by atoms with Crippen molar-refractivity contribution in [3.63, 3.8) is 0 Å². The van der Waals surface area contributed by atoms with Crippen LogP contribution in [0.5, 0.6) is 0 Å². The van der Waals surface area contributed by atoms with E-state index in [0.717, 1.165) is 22.2 Å². The number of halogens is 1. The molecule has 2 aliphatic carbocycles. The summed E-state index contributed by atoms with van der Waals surface area (Å²) in [6, 6.07) is 5.14. The highest BCUT2D eigenvalue weighted by Crippen LogP contribution is 2.41. The Morgan fingerprint density at radius 2 is 2.00 bits per heavy atom. The first kappa shape index (κ1) is 12.0. The Hall–Kier alpha value is -0.0500. The van der Waals surface area contributed by atoms with Crippen molar-refractivity contribution in [2.45, 2.75) is 50.5 Å². The highest BCUT2D eigenvalue weighted by molar-refractivity contribution is 7.16. The summed E-state index contributed by atoms with van der Waals surface area (Å²) in [4.78, 5) is 1.51. The van der Waals surface area contributed by atoms with E-state index < -0.39 is 0 Å². The summed E-state index contributed by atoms with van der Waals surface area (Å²) < 4.78 is 0.944. The van der Waals surface area contributed by atoms with Gasteiger partial charge in [-0.15, -0.1) is 11.3 Å². The minimum Gasteiger partial charge on any atom is -0.314 e. The molecule has 1 N–H and O–H groups in total. The first-order valence-corrected chi connectivity index (χ1v) is 8.01. The molecule has 2 fully saturated rings.